The molecule has 0 fully saturated rings. The van der Waals surface area contributed by atoms with Crippen LogP contribution in [0.5, 0.6) is 0 Å². The Labute approximate surface area is 103 Å². The second kappa shape index (κ2) is 5.62. The predicted octanol–water partition coefficient (Wildman–Crippen LogP) is 1.27. The van der Waals surface area contributed by atoms with E-state index in [4.69, 9.17) is 5.73 Å². The number of hydrogen-bond donors (Lipinski definition) is 1. The maximum absolute atomic E-state index is 12.3. The van der Waals surface area contributed by atoms with Crippen molar-refractivity contribution in [3.05, 3.63) is 29.3 Å². The van der Waals surface area contributed by atoms with E-state index in [-0.39, 0.29) is 0 Å². The second-order valence-corrected chi connectivity index (χ2v) is 5.97. The molecule has 0 amide bonds. The van der Waals surface area contributed by atoms with Gasteiger partial charge in [-0.25, -0.2) is 8.42 Å². The van der Waals surface area contributed by atoms with Gasteiger partial charge in [0, 0.05) is 19.6 Å². The highest BCUT2D eigenvalue weighted by molar-refractivity contribution is 7.89. The minimum atomic E-state index is -3.40. The van der Waals surface area contributed by atoms with Gasteiger partial charge < -0.3 is 5.73 Å². The molecule has 1 rings (SSSR count). The third kappa shape index (κ3) is 3.06. The number of likely N-dealkylation sites (N-methyl/N-ethyl adjacent to an activating group) is 1. The van der Waals surface area contributed by atoms with Gasteiger partial charge in [0.15, 0.2) is 0 Å². The van der Waals surface area contributed by atoms with Gasteiger partial charge in [0.05, 0.1) is 4.90 Å². The van der Waals surface area contributed by atoms with Crippen LogP contribution in [0.3, 0.4) is 0 Å². The number of aryl methyl sites for hydroxylation is 2. The molecule has 96 valence electrons. The van der Waals surface area contributed by atoms with E-state index in [1.807, 2.05) is 26.8 Å². The van der Waals surface area contributed by atoms with Crippen molar-refractivity contribution in [2.75, 3.05) is 19.6 Å². The molecule has 0 spiro atoms. The Bertz CT molecular complexity index is 483. The molecule has 0 saturated carbocycles. The maximum atomic E-state index is 12.3. The molecule has 17 heavy (non-hydrogen) atoms. The van der Waals surface area contributed by atoms with E-state index in [1.165, 1.54) is 4.31 Å². The molecule has 0 bridgehead atoms. The zero-order valence-corrected chi connectivity index (χ0v) is 11.4. The van der Waals surface area contributed by atoms with Crippen LogP contribution in [-0.4, -0.2) is 32.4 Å². The standard InChI is InChI=1S/C12H20N2O2S/c1-4-14(8-7-13)17(15,16)12-6-5-10(2)11(3)9-12/h5-6,9H,4,7-8,13H2,1-3H3. The van der Waals surface area contributed by atoms with Gasteiger partial charge in [-0.15, -0.1) is 0 Å². The highest BCUT2D eigenvalue weighted by atomic mass is 32.2. The van der Waals surface area contributed by atoms with Gasteiger partial charge in [-0.05, 0) is 37.1 Å². The Hall–Kier alpha value is -0.910. The van der Waals surface area contributed by atoms with E-state index < -0.39 is 10.0 Å². The summed E-state index contributed by atoms with van der Waals surface area (Å²) in [7, 11) is -3.40. The van der Waals surface area contributed by atoms with Gasteiger partial charge in [0.25, 0.3) is 0 Å². The molecule has 2 N–H and O–H groups in total. The SMILES string of the molecule is CCN(CCN)S(=O)(=O)c1ccc(C)c(C)c1. The largest absolute Gasteiger partial charge is 0.329 e. The molecule has 0 radical (unpaired) electrons. The van der Waals surface area contributed by atoms with Crippen molar-refractivity contribution >= 4 is 10.0 Å². The molecule has 0 saturated heterocycles. The molecule has 0 heterocycles. The lowest BCUT2D eigenvalue weighted by atomic mass is 10.1. The fourth-order valence-corrected chi connectivity index (χ4v) is 3.17. The molecular formula is C12H20N2O2S. The van der Waals surface area contributed by atoms with Crippen LogP contribution in [0.1, 0.15) is 18.1 Å². The lowest BCUT2D eigenvalue weighted by molar-refractivity contribution is 0.435. The summed E-state index contributed by atoms with van der Waals surface area (Å²) in [5.74, 6) is 0. The third-order valence-corrected chi connectivity index (χ3v) is 4.82. The first kappa shape index (κ1) is 14.2. The maximum Gasteiger partial charge on any atom is 0.243 e. The molecule has 0 aliphatic rings. The van der Waals surface area contributed by atoms with Gasteiger partial charge in [-0.3, -0.25) is 0 Å². The van der Waals surface area contributed by atoms with E-state index in [1.54, 1.807) is 12.1 Å². The Balaban J connectivity index is 3.15. The summed E-state index contributed by atoms with van der Waals surface area (Å²) >= 11 is 0. The molecule has 5 heteroatoms. The second-order valence-electron chi connectivity index (χ2n) is 4.03. The smallest absolute Gasteiger partial charge is 0.243 e. The van der Waals surface area contributed by atoms with Crippen molar-refractivity contribution in [1.29, 1.82) is 0 Å². The van der Waals surface area contributed by atoms with Crippen LogP contribution >= 0.6 is 0 Å². The van der Waals surface area contributed by atoms with Crippen LogP contribution in [0.2, 0.25) is 0 Å². The van der Waals surface area contributed by atoms with Crippen molar-refractivity contribution in [2.24, 2.45) is 5.73 Å². The summed E-state index contributed by atoms with van der Waals surface area (Å²) in [5, 5.41) is 0. The highest BCUT2D eigenvalue weighted by Crippen LogP contribution is 2.18. The summed E-state index contributed by atoms with van der Waals surface area (Å²) in [6, 6.07) is 5.19. The monoisotopic (exact) mass is 256 g/mol. The van der Waals surface area contributed by atoms with E-state index in [0.717, 1.165) is 11.1 Å². The van der Waals surface area contributed by atoms with Gasteiger partial charge in [-0.2, -0.15) is 4.31 Å². The fourth-order valence-electron chi connectivity index (χ4n) is 1.62. The molecule has 4 nitrogen and oxygen atoms in total. The Morgan fingerprint density at radius 3 is 2.35 bits per heavy atom. The summed E-state index contributed by atoms with van der Waals surface area (Å²) in [6.45, 7) is 6.81. The lowest BCUT2D eigenvalue weighted by Crippen LogP contribution is -2.35. The minimum absolute atomic E-state index is 0.331. The fraction of sp³-hybridized carbons (Fsp3) is 0.500. The summed E-state index contributed by atoms with van der Waals surface area (Å²) in [5.41, 5.74) is 7.50. The topological polar surface area (TPSA) is 63.4 Å². The molecule has 0 aliphatic heterocycles. The van der Waals surface area contributed by atoms with Gasteiger partial charge >= 0.3 is 0 Å². The van der Waals surface area contributed by atoms with Gasteiger partial charge in [0.1, 0.15) is 0 Å². The Morgan fingerprint density at radius 1 is 1.24 bits per heavy atom. The predicted molar refractivity (Wildman–Crippen MR) is 69.4 cm³/mol. The molecule has 1 aromatic rings. The molecule has 1 aromatic carbocycles. The van der Waals surface area contributed by atoms with Crippen LogP contribution in [0.15, 0.2) is 23.1 Å². The Morgan fingerprint density at radius 2 is 1.88 bits per heavy atom. The number of benzene rings is 1. The van der Waals surface area contributed by atoms with Crippen LogP contribution < -0.4 is 5.73 Å². The lowest BCUT2D eigenvalue weighted by Gasteiger charge is -2.20. The van der Waals surface area contributed by atoms with Crippen LogP contribution in [0.4, 0.5) is 0 Å². The van der Waals surface area contributed by atoms with Crippen molar-refractivity contribution in [3.8, 4) is 0 Å². The van der Waals surface area contributed by atoms with Crippen molar-refractivity contribution in [2.45, 2.75) is 25.7 Å². The average Bonchev–Trinajstić information content (AvgIpc) is 2.29. The summed E-state index contributed by atoms with van der Waals surface area (Å²) in [4.78, 5) is 0.343. The zero-order valence-electron chi connectivity index (χ0n) is 10.6. The van der Waals surface area contributed by atoms with E-state index in [0.29, 0.717) is 24.5 Å². The van der Waals surface area contributed by atoms with Gasteiger partial charge in [0.2, 0.25) is 10.0 Å². The van der Waals surface area contributed by atoms with Gasteiger partial charge in [-0.1, -0.05) is 13.0 Å². The summed E-state index contributed by atoms with van der Waals surface area (Å²) in [6.07, 6.45) is 0. The third-order valence-electron chi connectivity index (χ3n) is 2.85. The molecule has 0 atom stereocenters. The normalized spacial score (nSPS) is 12.1. The number of nitrogens with zero attached hydrogens (tertiary/aromatic N) is 1. The molecule has 0 aromatic heterocycles. The first-order chi connectivity index (χ1) is 7.93. The first-order valence-corrected chi connectivity index (χ1v) is 7.15. The van der Waals surface area contributed by atoms with Crippen LogP contribution in [0, 0.1) is 13.8 Å². The van der Waals surface area contributed by atoms with Crippen molar-refractivity contribution < 1.29 is 8.42 Å². The Kier molecular flexibility index (Phi) is 4.68. The van der Waals surface area contributed by atoms with E-state index in [2.05, 4.69) is 0 Å². The molecule has 0 aliphatic carbocycles. The summed E-state index contributed by atoms with van der Waals surface area (Å²) < 4.78 is 26.0. The van der Waals surface area contributed by atoms with E-state index >= 15 is 0 Å². The number of rotatable bonds is 5. The number of sulfonamides is 1. The minimum Gasteiger partial charge on any atom is -0.329 e. The first-order valence-electron chi connectivity index (χ1n) is 5.71. The highest BCUT2D eigenvalue weighted by Gasteiger charge is 2.22. The van der Waals surface area contributed by atoms with E-state index in [9.17, 15) is 8.42 Å². The number of nitrogens with two attached hydrogens (primary N) is 1. The number of hydrogen-bond acceptors (Lipinski definition) is 3. The van der Waals surface area contributed by atoms with Crippen molar-refractivity contribution in [1.82, 2.24) is 4.31 Å². The van der Waals surface area contributed by atoms with Crippen LogP contribution in [-0.2, 0) is 10.0 Å². The molecule has 0 unspecified atom stereocenters. The zero-order chi connectivity index (χ0) is 13.1. The molecular weight excluding hydrogens is 236 g/mol. The quantitative estimate of drug-likeness (QED) is 0.863. The van der Waals surface area contributed by atoms with Crippen molar-refractivity contribution in [3.63, 3.8) is 0 Å². The van der Waals surface area contributed by atoms with Crippen LogP contribution in [0.25, 0.3) is 0 Å². The average molecular weight is 256 g/mol.